The Balaban J connectivity index is 1.43. The summed E-state index contributed by atoms with van der Waals surface area (Å²) in [6, 6.07) is 43.1. The summed E-state index contributed by atoms with van der Waals surface area (Å²) in [5, 5.41) is 0. The molecule has 2 aliphatic heterocycles. The van der Waals surface area contributed by atoms with Gasteiger partial charge in [0.25, 0.3) is 0 Å². The molecular formula is C34H32O2. The van der Waals surface area contributed by atoms with E-state index in [2.05, 4.69) is 134 Å². The second kappa shape index (κ2) is 9.20. The summed E-state index contributed by atoms with van der Waals surface area (Å²) in [5.41, 5.74) is 5.82. The smallest absolute Gasteiger partial charge is 0.189 e. The van der Waals surface area contributed by atoms with Gasteiger partial charge in [-0.15, -0.1) is 0 Å². The summed E-state index contributed by atoms with van der Waals surface area (Å²) in [7, 11) is 0. The van der Waals surface area contributed by atoms with E-state index < -0.39 is 5.79 Å². The molecule has 1 atom stereocenters. The van der Waals surface area contributed by atoms with E-state index in [0.29, 0.717) is 13.2 Å². The Morgan fingerprint density at radius 2 is 0.861 bits per heavy atom. The Kier molecular flexibility index (Phi) is 5.87. The minimum absolute atomic E-state index is 0.272. The molecule has 4 aromatic rings. The SMILES string of the molecule is CC1=CC2(CC(c3ccccc3)(c3ccccc3)CO2)OCC(c2ccccc2)(c2ccccc2)C1. The van der Waals surface area contributed by atoms with E-state index in [9.17, 15) is 0 Å². The maximum Gasteiger partial charge on any atom is 0.189 e. The second-order valence-corrected chi connectivity index (χ2v) is 10.4. The van der Waals surface area contributed by atoms with Crippen LogP contribution in [0.15, 0.2) is 133 Å². The van der Waals surface area contributed by atoms with Gasteiger partial charge >= 0.3 is 0 Å². The normalized spacial score (nSPS) is 22.6. The Bertz CT molecular complexity index is 1250. The molecule has 180 valence electrons. The molecule has 1 spiro atoms. The number of ether oxygens (including phenoxy) is 2. The quantitative estimate of drug-likeness (QED) is 0.287. The molecule has 36 heavy (non-hydrogen) atoms. The molecule has 0 aliphatic carbocycles. The lowest BCUT2D eigenvalue weighted by Crippen LogP contribution is -2.38. The zero-order chi connectivity index (χ0) is 24.5. The van der Waals surface area contributed by atoms with Crippen LogP contribution in [0.1, 0.15) is 42.0 Å². The summed E-state index contributed by atoms with van der Waals surface area (Å²) in [6.07, 6.45) is 3.88. The standard InChI is InChI=1S/C34H32O2/c1-27-22-32(28-14-6-2-7-15-28,29-16-8-3-9-17-29)25-35-34(23-27)24-33(26-36-34,30-18-10-4-11-19-30)31-20-12-5-13-21-31/h2-21,23H,22,24-26H2,1H3. The van der Waals surface area contributed by atoms with Gasteiger partial charge in [-0.05, 0) is 41.7 Å². The van der Waals surface area contributed by atoms with Crippen LogP contribution in [0.3, 0.4) is 0 Å². The van der Waals surface area contributed by atoms with E-state index in [1.54, 1.807) is 0 Å². The van der Waals surface area contributed by atoms with Gasteiger partial charge in [0, 0.05) is 17.3 Å². The maximum absolute atomic E-state index is 6.95. The van der Waals surface area contributed by atoms with E-state index in [1.807, 2.05) is 0 Å². The molecule has 1 unspecified atom stereocenters. The third kappa shape index (κ3) is 3.91. The van der Waals surface area contributed by atoms with Crippen LogP contribution in [0.4, 0.5) is 0 Å². The molecule has 2 aliphatic rings. The summed E-state index contributed by atoms with van der Waals surface area (Å²) in [4.78, 5) is 0. The summed E-state index contributed by atoms with van der Waals surface area (Å²) < 4.78 is 13.7. The zero-order valence-corrected chi connectivity index (χ0v) is 20.8. The number of benzene rings is 4. The number of allylic oxidation sites excluding steroid dienone is 1. The molecule has 1 fully saturated rings. The van der Waals surface area contributed by atoms with Crippen LogP contribution < -0.4 is 0 Å². The van der Waals surface area contributed by atoms with Gasteiger partial charge in [0.05, 0.1) is 13.2 Å². The van der Waals surface area contributed by atoms with Crippen LogP contribution in [0.5, 0.6) is 0 Å². The first kappa shape index (κ1) is 23.0. The highest BCUT2D eigenvalue weighted by Gasteiger charge is 2.53. The molecule has 0 amide bonds. The van der Waals surface area contributed by atoms with E-state index in [4.69, 9.17) is 9.47 Å². The molecule has 2 heteroatoms. The molecule has 6 rings (SSSR count). The number of hydrogen-bond donors (Lipinski definition) is 0. The van der Waals surface area contributed by atoms with Crippen molar-refractivity contribution in [2.45, 2.75) is 36.4 Å². The highest BCUT2D eigenvalue weighted by atomic mass is 16.7. The maximum atomic E-state index is 6.95. The summed E-state index contributed by atoms with van der Waals surface area (Å²) >= 11 is 0. The molecule has 0 N–H and O–H groups in total. The fourth-order valence-corrected chi connectivity index (χ4v) is 6.30. The van der Waals surface area contributed by atoms with Gasteiger partial charge in [-0.3, -0.25) is 0 Å². The predicted molar refractivity (Wildman–Crippen MR) is 145 cm³/mol. The van der Waals surface area contributed by atoms with Gasteiger partial charge in [-0.1, -0.05) is 127 Å². The van der Waals surface area contributed by atoms with Gasteiger partial charge in [-0.25, -0.2) is 0 Å². The number of rotatable bonds is 4. The molecule has 0 saturated carbocycles. The molecular weight excluding hydrogens is 440 g/mol. The highest BCUT2D eigenvalue weighted by molar-refractivity contribution is 5.45. The fourth-order valence-electron chi connectivity index (χ4n) is 6.30. The Morgan fingerprint density at radius 1 is 0.500 bits per heavy atom. The van der Waals surface area contributed by atoms with Gasteiger partial charge < -0.3 is 9.47 Å². The first-order chi connectivity index (χ1) is 17.6. The van der Waals surface area contributed by atoms with Crippen LogP contribution in [-0.2, 0) is 20.3 Å². The Morgan fingerprint density at radius 3 is 1.28 bits per heavy atom. The van der Waals surface area contributed by atoms with Crippen LogP contribution in [0, 0.1) is 0 Å². The molecule has 0 bridgehead atoms. The largest absolute Gasteiger partial charge is 0.345 e. The molecule has 0 radical (unpaired) electrons. The average Bonchev–Trinajstić information content (AvgIpc) is 3.26. The van der Waals surface area contributed by atoms with E-state index in [0.717, 1.165) is 12.8 Å². The Labute approximate surface area is 214 Å². The second-order valence-electron chi connectivity index (χ2n) is 10.4. The monoisotopic (exact) mass is 472 g/mol. The van der Waals surface area contributed by atoms with Crippen molar-refractivity contribution in [2.75, 3.05) is 13.2 Å². The van der Waals surface area contributed by atoms with Gasteiger partial charge in [0.2, 0.25) is 0 Å². The minimum Gasteiger partial charge on any atom is -0.345 e. The van der Waals surface area contributed by atoms with Crippen molar-refractivity contribution in [1.82, 2.24) is 0 Å². The lowest BCUT2D eigenvalue weighted by atomic mass is 9.71. The van der Waals surface area contributed by atoms with Crippen molar-refractivity contribution in [3.05, 3.63) is 155 Å². The van der Waals surface area contributed by atoms with Gasteiger partial charge in [0.1, 0.15) is 0 Å². The van der Waals surface area contributed by atoms with Crippen LogP contribution in [-0.4, -0.2) is 19.0 Å². The van der Waals surface area contributed by atoms with Crippen molar-refractivity contribution in [1.29, 1.82) is 0 Å². The topological polar surface area (TPSA) is 18.5 Å². The lowest BCUT2D eigenvalue weighted by molar-refractivity contribution is -0.180. The van der Waals surface area contributed by atoms with Gasteiger partial charge in [0.15, 0.2) is 5.79 Å². The minimum atomic E-state index is -0.777. The molecule has 4 aromatic carbocycles. The van der Waals surface area contributed by atoms with Crippen LogP contribution >= 0.6 is 0 Å². The summed E-state index contributed by atoms with van der Waals surface area (Å²) in [6.45, 7) is 3.36. The zero-order valence-electron chi connectivity index (χ0n) is 20.8. The van der Waals surface area contributed by atoms with E-state index in [-0.39, 0.29) is 10.8 Å². The van der Waals surface area contributed by atoms with Crippen LogP contribution in [0.25, 0.3) is 0 Å². The molecule has 0 aromatic heterocycles. The number of hydrogen-bond acceptors (Lipinski definition) is 2. The predicted octanol–water partition coefficient (Wildman–Crippen LogP) is 7.44. The van der Waals surface area contributed by atoms with Crippen molar-refractivity contribution in [3.8, 4) is 0 Å². The highest BCUT2D eigenvalue weighted by Crippen LogP contribution is 2.51. The third-order valence-electron chi connectivity index (χ3n) is 8.03. The van der Waals surface area contributed by atoms with Crippen molar-refractivity contribution < 1.29 is 9.47 Å². The van der Waals surface area contributed by atoms with Gasteiger partial charge in [-0.2, -0.15) is 0 Å². The Hall–Kier alpha value is -3.46. The summed E-state index contributed by atoms with van der Waals surface area (Å²) in [5.74, 6) is -0.777. The molecule has 2 heterocycles. The molecule has 1 saturated heterocycles. The molecule has 2 nitrogen and oxygen atoms in total. The van der Waals surface area contributed by atoms with E-state index in [1.165, 1.54) is 27.8 Å². The van der Waals surface area contributed by atoms with E-state index >= 15 is 0 Å². The van der Waals surface area contributed by atoms with Crippen molar-refractivity contribution >= 4 is 0 Å². The lowest BCUT2D eigenvalue weighted by Gasteiger charge is -2.36. The first-order valence-electron chi connectivity index (χ1n) is 12.8. The fraction of sp³-hybridized carbons (Fsp3) is 0.235. The van der Waals surface area contributed by atoms with Crippen molar-refractivity contribution in [2.24, 2.45) is 0 Å². The average molecular weight is 473 g/mol. The third-order valence-corrected chi connectivity index (χ3v) is 8.03. The first-order valence-corrected chi connectivity index (χ1v) is 12.8. The van der Waals surface area contributed by atoms with Crippen LogP contribution in [0.2, 0.25) is 0 Å². The van der Waals surface area contributed by atoms with Crippen molar-refractivity contribution in [3.63, 3.8) is 0 Å².